The summed E-state index contributed by atoms with van der Waals surface area (Å²) in [6, 6.07) is 14.9. The normalized spacial score (nSPS) is 12.9. The smallest absolute Gasteiger partial charge is 0.0511 e. The van der Waals surface area contributed by atoms with E-state index in [1.54, 1.807) is 0 Å². The Morgan fingerprint density at radius 2 is 1.53 bits per heavy atom. The van der Waals surface area contributed by atoms with Crippen LogP contribution in [0.1, 0.15) is 16.7 Å². The van der Waals surface area contributed by atoms with Crippen LogP contribution in [-0.4, -0.2) is 7.05 Å². The maximum absolute atomic E-state index is 2.28. The van der Waals surface area contributed by atoms with Crippen molar-refractivity contribution in [1.82, 2.24) is 0 Å². The van der Waals surface area contributed by atoms with Crippen molar-refractivity contribution >= 4 is 23.5 Å². The van der Waals surface area contributed by atoms with Crippen molar-refractivity contribution in [2.45, 2.75) is 6.92 Å². The Morgan fingerprint density at radius 1 is 0.824 bits per heavy atom. The molecule has 0 unspecified atom stereocenters. The maximum atomic E-state index is 2.28. The third-order valence-electron chi connectivity index (χ3n) is 3.34. The van der Waals surface area contributed by atoms with E-state index in [1.165, 1.54) is 28.1 Å². The number of anilines is 2. The highest BCUT2D eigenvalue weighted by Gasteiger charge is 2.15. The molecule has 0 saturated carbocycles. The van der Waals surface area contributed by atoms with Crippen LogP contribution in [0.4, 0.5) is 11.4 Å². The van der Waals surface area contributed by atoms with Crippen LogP contribution in [0.2, 0.25) is 0 Å². The zero-order chi connectivity index (χ0) is 11.8. The third kappa shape index (κ3) is 1.55. The van der Waals surface area contributed by atoms with Gasteiger partial charge >= 0.3 is 0 Å². The van der Waals surface area contributed by atoms with Crippen LogP contribution in [-0.2, 0) is 0 Å². The summed E-state index contributed by atoms with van der Waals surface area (Å²) < 4.78 is 0. The molecule has 0 saturated heterocycles. The SMILES string of the molecule is Cc1cccc2c1N(C)c1ccccc1C=C2. The van der Waals surface area contributed by atoms with Crippen LogP contribution in [0.25, 0.3) is 12.2 Å². The van der Waals surface area contributed by atoms with Gasteiger partial charge in [-0.1, -0.05) is 48.6 Å². The second-order valence-corrected chi connectivity index (χ2v) is 4.46. The first-order chi connectivity index (χ1) is 8.27. The molecule has 0 fully saturated rings. The minimum absolute atomic E-state index is 1.26. The van der Waals surface area contributed by atoms with Crippen molar-refractivity contribution in [3.05, 3.63) is 59.2 Å². The number of hydrogen-bond acceptors (Lipinski definition) is 1. The number of rotatable bonds is 0. The van der Waals surface area contributed by atoms with Gasteiger partial charge in [0, 0.05) is 12.7 Å². The minimum Gasteiger partial charge on any atom is -0.343 e. The fraction of sp³-hybridized carbons (Fsp3) is 0.125. The van der Waals surface area contributed by atoms with Crippen LogP contribution < -0.4 is 4.90 Å². The molecule has 1 aliphatic rings. The van der Waals surface area contributed by atoms with Gasteiger partial charge in [0.1, 0.15) is 0 Å². The second-order valence-electron chi connectivity index (χ2n) is 4.46. The van der Waals surface area contributed by atoms with Gasteiger partial charge < -0.3 is 4.90 Å². The van der Waals surface area contributed by atoms with E-state index in [0.29, 0.717) is 0 Å². The average molecular weight is 221 g/mol. The standard InChI is InChI=1S/C16H15N/c1-12-6-5-8-14-11-10-13-7-3-4-9-15(13)17(2)16(12)14/h3-11H,1-2H3. The lowest BCUT2D eigenvalue weighted by Crippen LogP contribution is -2.12. The van der Waals surface area contributed by atoms with Crippen LogP contribution >= 0.6 is 0 Å². The number of hydrogen-bond donors (Lipinski definition) is 0. The average Bonchev–Trinajstić information content (AvgIpc) is 2.49. The summed E-state index contributed by atoms with van der Waals surface area (Å²) in [6.07, 6.45) is 4.39. The van der Waals surface area contributed by atoms with E-state index in [-0.39, 0.29) is 0 Å². The zero-order valence-corrected chi connectivity index (χ0v) is 10.1. The first-order valence-electron chi connectivity index (χ1n) is 5.88. The molecule has 1 aliphatic heterocycles. The molecule has 0 atom stereocenters. The van der Waals surface area contributed by atoms with Gasteiger partial charge in [-0.3, -0.25) is 0 Å². The molecule has 1 nitrogen and oxygen atoms in total. The maximum Gasteiger partial charge on any atom is 0.0511 e. The summed E-state index contributed by atoms with van der Waals surface area (Å²) in [5, 5.41) is 0. The van der Waals surface area contributed by atoms with Gasteiger partial charge in [-0.25, -0.2) is 0 Å². The number of aryl methyl sites for hydroxylation is 1. The molecule has 2 aromatic carbocycles. The summed E-state index contributed by atoms with van der Waals surface area (Å²) in [5.41, 5.74) is 6.42. The molecule has 17 heavy (non-hydrogen) atoms. The third-order valence-corrected chi connectivity index (χ3v) is 3.34. The molecule has 84 valence electrons. The Morgan fingerprint density at radius 3 is 2.41 bits per heavy atom. The molecule has 3 rings (SSSR count). The lowest BCUT2D eigenvalue weighted by molar-refractivity contribution is 1.18. The van der Waals surface area contributed by atoms with E-state index >= 15 is 0 Å². The molecule has 0 aliphatic carbocycles. The van der Waals surface area contributed by atoms with Crippen molar-refractivity contribution in [3.63, 3.8) is 0 Å². The van der Waals surface area contributed by atoms with Gasteiger partial charge in [0.25, 0.3) is 0 Å². The highest BCUT2D eigenvalue weighted by molar-refractivity contribution is 5.89. The molecule has 0 bridgehead atoms. The molecule has 0 radical (unpaired) electrons. The predicted octanol–water partition coefficient (Wildman–Crippen LogP) is 4.25. The molecule has 1 heteroatoms. The van der Waals surface area contributed by atoms with Crippen molar-refractivity contribution in [1.29, 1.82) is 0 Å². The monoisotopic (exact) mass is 221 g/mol. The number of para-hydroxylation sites is 2. The van der Waals surface area contributed by atoms with Crippen molar-refractivity contribution in [3.8, 4) is 0 Å². The second kappa shape index (κ2) is 3.77. The van der Waals surface area contributed by atoms with Gasteiger partial charge in [0.15, 0.2) is 0 Å². The van der Waals surface area contributed by atoms with Gasteiger partial charge in [-0.15, -0.1) is 0 Å². The van der Waals surface area contributed by atoms with Gasteiger partial charge in [-0.2, -0.15) is 0 Å². The molecule has 1 heterocycles. The van der Waals surface area contributed by atoms with Crippen molar-refractivity contribution < 1.29 is 0 Å². The topological polar surface area (TPSA) is 3.24 Å². The lowest BCUT2D eigenvalue weighted by Gasteiger charge is -2.23. The Hall–Kier alpha value is -2.02. The van der Waals surface area contributed by atoms with Crippen molar-refractivity contribution in [2.24, 2.45) is 0 Å². The van der Waals surface area contributed by atoms with E-state index in [1.807, 2.05) is 0 Å². The zero-order valence-electron chi connectivity index (χ0n) is 10.1. The summed E-state index contributed by atoms with van der Waals surface area (Å²) >= 11 is 0. The lowest BCUT2D eigenvalue weighted by atomic mass is 10.1. The summed E-state index contributed by atoms with van der Waals surface area (Å²) in [4.78, 5) is 2.28. The van der Waals surface area contributed by atoms with Gasteiger partial charge in [-0.05, 0) is 29.7 Å². The molecule has 0 aromatic heterocycles. The molecule has 0 amide bonds. The fourth-order valence-corrected chi connectivity index (χ4v) is 2.51. The van der Waals surface area contributed by atoms with E-state index in [2.05, 4.69) is 73.5 Å². The molecule has 2 aromatic rings. The van der Waals surface area contributed by atoms with Crippen molar-refractivity contribution in [2.75, 3.05) is 11.9 Å². The largest absolute Gasteiger partial charge is 0.343 e. The number of benzene rings is 2. The number of fused-ring (bicyclic) bond motifs is 2. The molecule has 0 spiro atoms. The highest BCUT2D eigenvalue weighted by atomic mass is 15.1. The fourth-order valence-electron chi connectivity index (χ4n) is 2.51. The minimum atomic E-state index is 1.26. The Balaban J connectivity index is 2.29. The summed E-state index contributed by atoms with van der Waals surface area (Å²) in [6.45, 7) is 2.16. The van der Waals surface area contributed by atoms with E-state index in [9.17, 15) is 0 Å². The van der Waals surface area contributed by atoms with Crippen LogP contribution in [0.5, 0.6) is 0 Å². The molecular formula is C16H15N. The first kappa shape index (κ1) is 10.2. The van der Waals surface area contributed by atoms with Gasteiger partial charge in [0.05, 0.1) is 5.69 Å². The highest BCUT2D eigenvalue weighted by Crippen LogP contribution is 2.36. The van der Waals surface area contributed by atoms with Crippen LogP contribution in [0.15, 0.2) is 42.5 Å². The van der Waals surface area contributed by atoms with E-state index < -0.39 is 0 Å². The summed E-state index contributed by atoms with van der Waals surface area (Å²) in [7, 11) is 2.14. The Kier molecular flexibility index (Phi) is 2.25. The van der Waals surface area contributed by atoms with Crippen LogP contribution in [0.3, 0.4) is 0 Å². The molecular weight excluding hydrogens is 206 g/mol. The van der Waals surface area contributed by atoms with Crippen LogP contribution in [0, 0.1) is 6.92 Å². The predicted molar refractivity (Wildman–Crippen MR) is 74.6 cm³/mol. The molecule has 0 N–H and O–H groups in total. The quantitative estimate of drug-likeness (QED) is 0.643. The van der Waals surface area contributed by atoms with E-state index in [4.69, 9.17) is 0 Å². The first-order valence-corrected chi connectivity index (χ1v) is 5.88. The van der Waals surface area contributed by atoms with E-state index in [0.717, 1.165) is 0 Å². The Labute approximate surface area is 102 Å². The van der Waals surface area contributed by atoms with Gasteiger partial charge in [0.2, 0.25) is 0 Å². The summed E-state index contributed by atoms with van der Waals surface area (Å²) in [5.74, 6) is 0. The number of nitrogens with zero attached hydrogens (tertiary/aromatic N) is 1. The Bertz CT molecular complexity index is 596.